The number of hydrogen-bond donors (Lipinski definition) is 1. The number of hydrogen-bond acceptors (Lipinski definition) is 3. The van der Waals surface area contributed by atoms with Gasteiger partial charge < -0.3 is 4.74 Å². The largest absolute Gasteiger partial charge is 0.446 e. The maximum absolute atomic E-state index is 11.7. The summed E-state index contributed by atoms with van der Waals surface area (Å²) >= 11 is 3.31. The maximum Gasteiger partial charge on any atom is 0.411 e. The molecule has 1 aromatic rings. The molecule has 0 atom stereocenters. The van der Waals surface area contributed by atoms with Crippen molar-refractivity contribution in [2.45, 2.75) is 31.8 Å². The van der Waals surface area contributed by atoms with Gasteiger partial charge in [-0.1, -0.05) is 0 Å². The summed E-state index contributed by atoms with van der Waals surface area (Å²) in [7, 11) is 0. The van der Waals surface area contributed by atoms with Gasteiger partial charge >= 0.3 is 6.09 Å². The van der Waals surface area contributed by atoms with E-state index in [2.05, 4.69) is 21.2 Å². The van der Waals surface area contributed by atoms with Gasteiger partial charge in [0.05, 0.1) is 17.3 Å². The van der Waals surface area contributed by atoms with E-state index in [0.29, 0.717) is 15.7 Å². The highest BCUT2D eigenvalue weighted by Gasteiger charge is 2.19. The molecule has 94 valence electrons. The Labute approximate surface area is 114 Å². The van der Waals surface area contributed by atoms with Crippen LogP contribution in [0.15, 0.2) is 22.7 Å². The monoisotopic (exact) mass is 308 g/mol. The van der Waals surface area contributed by atoms with Crippen molar-refractivity contribution in [2.24, 2.45) is 0 Å². The van der Waals surface area contributed by atoms with Crippen LogP contribution in [0.5, 0.6) is 0 Å². The molecule has 0 bridgehead atoms. The highest BCUT2D eigenvalue weighted by molar-refractivity contribution is 9.10. The van der Waals surface area contributed by atoms with Gasteiger partial charge in [-0.05, 0) is 59.8 Å². The Morgan fingerprint density at radius 2 is 2.17 bits per heavy atom. The zero-order chi connectivity index (χ0) is 13.0. The highest BCUT2D eigenvalue weighted by atomic mass is 79.9. The summed E-state index contributed by atoms with van der Waals surface area (Å²) in [6.07, 6.45) is 3.75. The second-order valence-corrected chi connectivity index (χ2v) is 5.10. The van der Waals surface area contributed by atoms with Crippen molar-refractivity contribution < 1.29 is 9.53 Å². The van der Waals surface area contributed by atoms with E-state index >= 15 is 0 Å². The van der Waals surface area contributed by atoms with Crippen LogP contribution in [-0.2, 0) is 4.74 Å². The van der Waals surface area contributed by atoms with Crippen molar-refractivity contribution >= 4 is 27.7 Å². The van der Waals surface area contributed by atoms with E-state index in [0.717, 1.165) is 25.7 Å². The number of benzene rings is 1. The Balaban J connectivity index is 1.96. The molecule has 5 heteroatoms. The van der Waals surface area contributed by atoms with Crippen molar-refractivity contribution in [2.75, 3.05) is 5.32 Å². The van der Waals surface area contributed by atoms with Crippen LogP contribution < -0.4 is 5.32 Å². The molecule has 0 spiro atoms. The van der Waals surface area contributed by atoms with Crippen LogP contribution in [0, 0.1) is 11.3 Å². The quantitative estimate of drug-likeness (QED) is 0.903. The highest BCUT2D eigenvalue weighted by Crippen LogP contribution is 2.25. The summed E-state index contributed by atoms with van der Waals surface area (Å²) in [6, 6.07) is 7.02. The van der Waals surface area contributed by atoms with Gasteiger partial charge in [-0.15, -0.1) is 0 Å². The average molecular weight is 309 g/mol. The Kier molecular flexibility index (Phi) is 4.21. The molecule has 1 aliphatic rings. The SMILES string of the molecule is N#Cc1ccc(NC(=O)OC2CCCC2)c(Br)c1. The Hall–Kier alpha value is -1.54. The summed E-state index contributed by atoms with van der Waals surface area (Å²) in [5.74, 6) is 0. The first kappa shape index (κ1) is 12.9. The zero-order valence-electron chi connectivity index (χ0n) is 9.78. The van der Waals surface area contributed by atoms with Gasteiger partial charge in [-0.25, -0.2) is 4.79 Å². The first-order valence-corrected chi connectivity index (χ1v) is 6.65. The lowest BCUT2D eigenvalue weighted by Gasteiger charge is -2.13. The third-order valence-corrected chi connectivity index (χ3v) is 3.57. The first-order chi connectivity index (χ1) is 8.69. The maximum atomic E-state index is 11.7. The van der Waals surface area contributed by atoms with Crippen molar-refractivity contribution in [3.8, 4) is 6.07 Å². The van der Waals surface area contributed by atoms with Crippen LogP contribution in [0.2, 0.25) is 0 Å². The van der Waals surface area contributed by atoms with Gasteiger partial charge in [0.25, 0.3) is 0 Å². The number of anilines is 1. The van der Waals surface area contributed by atoms with Gasteiger partial charge in [0.1, 0.15) is 6.10 Å². The molecule has 0 aliphatic heterocycles. The van der Waals surface area contributed by atoms with E-state index < -0.39 is 6.09 Å². The topological polar surface area (TPSA) is 62.1 Å². The van der Waals surface area contributed by atoms with Crippen molar-refractivity contribution in [1.82, 2.24) is 0 Å². The molecule has 1 fully saturated rings. The summed E-state index contributed by atoms with van der Waals surface area (Å²) in [4.78, 5) is 11.7. The molecule has 0 saturated heterocycles. The van der Waals surface area contributed by atoms with Gasteiger partial charge in [-0.2, -0.15) is 5.26 Å². The van der Waals surface area contributed by atoms with Crippen molar-refractivity contribution in [3.05, 3.63) is 28.2 Å². The second-order valence-electron chi connectivity index (χ2n) is 4.24. The molecule has 2 rings (SSSR count). The van der Waals surface area contributed by atoms with Crippen LogP contribution >= 0.6 is 15.9 Å². The number of carbonyl (C=O) groups excluding carboxylic acids is 1. The molecule has 1 aliphatic carbocycles. The lowest BCUT2D eigenvalue weighted by molar-refractivity contribution is 0.114. The predicted octanol–water partition coefficient (Wildman–Crippen LogP) is 3.81. The lowest BCUT2D eigenvalue weighted by atomic mass is 10.2. The average Bonchev–Trinajstić information content (AvgIpc) is 2.84. The van der Waals surface area contributed by atoms with Gasteiger partial charge in [0, 0.05) is 4.47 Å². The van der Waals surface area contributed by atoms with Gasteiger partial charge in [0.15, 0.2) is 0 Å². The normalized spacial score (nSPS) is 15.1. The van der Waals surface area contributed by atoms with Crippen LogP contribution in [0.1, 0.15) is 31.2 Å². The molecular weight excluding hydrogens is 296 g/mol. The summed E-state index contributed by atoms with van der Waals surface area (Å²) < 4.78 is 5.96. The fraction of sp³-hybridized carbons (Fsp3) is 0.385. The molecule has 0 unspecified atom stereocenters. The number of carbonyl (C=O) groups is 1. The van der Waals surface area contributed by atoms with E-state index in [-0.39, 0.29) is 6.10 Å². The fourth-order valence-corrected chi connectivity index (χ4v) is 2.46. The zero-order valence-corrected chi connectivity index (χ0v) is 11.4. The summed E-state index contributed by atoms with van der Waals surface area (Å²) in [6.45, 7) is 0. The van der Waals surface area contributed by atoms with Crippen LogP contribution in [0.4, 0.5) is 10.5 Å². The molecular formula is C13H13BrN2O2. The standard InChI is InChI=1S/C13H13BrN2O2/c14-11-7-9(8-15)5-6-12(11)16-13(17)18-10-3-1-2-4-10/h5-7,10H,1-4H2,(H,16,17). The smallest absolute Gasteiger partial charge is 0.411 e. The third-order valence-electron chi connectivity index (χ3n) is 2.91. The number of ether oxygens (including phenoxy) is 1. The fourth-order valence-electron chi connectivity index (χ4n) is 1.98. The summed E-state index contributed by atoms with van der Waals surface area (Å²) in [5.41, 5.74) is 1.15. The van der Waals surface area contributed by atoms with Gasteiger partial charge in [0.2, 0.25) is 0 Å². The Bertz CT molecular complexity index is 490. The van der Waals surface area contributed by atoms with Crippen molar-refractivity contribution in [1.29, 1.82) is 5.26 Å². The number of rotatable bonds is 2. The van der Waals surface area contributed by atoms with Crippen LogP contribution in [-0.4, -0.2) is 12.2 Å². The van der Waals surface area contributed by atoms with E-state index in [4.69, 9.17) is 10.00 Å². The van der Waals surface area contributed by atoms with Crippen molar-refractivity contribution in [3.63, 3.8) is 0 Å². The number of halogens is 1. The van der Waals surface area contributed by atoms with Crippen LogP contribution in [0.25, 0.3) is 0 Å². The van der Waals surface area contributed by atoms with E-state index in [9.17, 15) is 4.79 Å². The van der Waals surface area contributed by atoms with Gasteiger partial charge in [-0.3, -0.25) is 5.32 Å². The second kappa shape index (κ2) is 5.87. The predicted molar refractivity (Wildman–Crippen MR) is 71.2 cm³/mol. The molecule has 1 aromatic carbocycles. The van der Waals surface area contributed by atoms with E-state index in [1.807, 2.05) is 6.07 Å². The molecule has 1 amide bonds. The molecule has 18 heavy (non-hydrogen) atoms. The molecule has 0 radical (unpaired) electrons. The number of nitriles is 1. The minimum atomic E-state index is -0.438. The molecule has 0 aromatic heterocycles. The molecule has 1 N–H and O–H groups in total. The number of amides is 1. The Morgan fingerprint density at radius 1 is 1.44 bits per heavy atom. The number of nitrogens with zero attached hydrogens (tertiary/aromatic N) is 1. The number of nitrogens with one attached hydrogen (secondary N) is 1. The third kappa shape index (κ3) is 3.23. The van der Waals surface area contributed by atoms with E-state index in [1.54, 1.807) is 18.2 Å². The van der Waals surface area contributed by atoms with E-state index in [1.165, 1.54) is 0 Å². The molecule has 1 saturated carbocycles. The minimum absolute atomic E-state index is 0.0437. The Morgan fingerprint density at radius 3 is 2.78 bits per heavy atom. The lowest BCUT2D eigenvalue weighted by Crippen LogP contribution is -2.20. The summed E-state index contributed by atoms with van der Waals surface area (Å²) in [5, 5.41) is 11.4. The first-order valence-electron chi connectivity index (χ1n) is 5.86. The van der Waals surface area contributed by atoms with Crippen LogP contribution in [0.3, 0.4) is 0 Å². The minimum Gasteiger partial charge on any atom is -0.446 e. The molecule has 0 heterocycles. The molecule has 4 nitrogen and oxygen atoms in total.